The van der Waals surface area contributed by atoms with Gasteiger partial charge in [-0.1, -0.05) is 31.9 Å². The lowest BCUT2D eigenvalue weighted by molar-refractivity contribution is -0.138. The van der Waals surface area contributed by atoms with Crippen LogP contribution in [0.5, 0.6) is 5.75 Å². The van der Waals surface area contributed by atoms with E-state index in [-0.39, 0.29) is 16.8 Å². The Kier molecular flexibility index (Phi) is 6.36. The fourth-order valence-electron chi connectivity index (χ4n) is 1.91. The molecular formula is C17H14Br2F3NO3. The van der Waals surface area contributed by atoms with Crippen LogP contribution in [0.3, 0.4) is 0 Å². The molecule has 0 aromatic heterocycles. The fraction of sp³-hybridized carbons (Fsp3) is 0.235. The minimum Gasteiger partial charge on any atom is -0.490 e. The smallest absolute Gasteiger partial charge is 0.417 e. The van der Waals surface area contributed by atoms with Crippen LogP contribution in [0.25, 0.3) is 0 Å². The molecule has 0 unspecified atom stereocenters. The number of aliphatic hydroxyl groups is 1. The maximum Gasteiger partial charge on any atom is 0.417 e. The average molecular weight is 497 g/mol. The number of halogens is 5. The lowest BCUT2D eigenvalue weighted by Crippen LogP contribution is -2.45. The topological polar surface area (TPSA) is 58.6 Å². The molecule has 0 aliphatic carbocycles. The molecule has 2 aromatic carbocycles. The molecule has 2 N–H and O–H groups in total. The number of hydrogen-bond acceptors (Lipinski definition) is 3. The molecule has 140 valence electrons. The van der Waals surface area contributed by atoms with Crippen molar-refractivity contribution in [1.82, 2.24) is 0 Å². The number of anilines is 1. The third-order valence-corrected chi connectivity index (χ3v) is 4.57. The van der Waals surface area contributed by atoms with E-state index in [9.17, 15) is 23.1 Å². The number of benzene rings is 2. The fourth-order valence-corrected chi connectivity index (χ4v) is 2.64. The predicted molar refractivity (Wildman–Crippen MR) is 98.0 cm³/mol. The number of alkyl halides is 3. The van der Waals surface area contributed by atoms with E-state index in [0.29, 0.717) is 5.75 Å². The summed E-state index contributed by atoms with van der Waals surface area (Å²) in [7, 11) is 0. The number of amides is 1. The molecule has 0 saturated heterocycles. The van der Waals surface area contributed by atoms with E-state index in [1.807, 2.05) is 0 Å². The predicted octanol–water partition coefficient (Wildman–Crippen LogP) is 5.00. The van der Waals surface area contributed by atoms with Crippen LogP contribution in [-0.4, -0.2) is 23.2 Å². The second-order valence-corrected chi connectivity index (χ2v) is 7.43. The van der Waals surface area contributed by atoms with E-state index in [4.69, 9.17) is 4.74 Å². The number of hydrogen-bond donors (Lipinski definition) is 2. The Morgan fingerprint density at radius 1 is 1.15 bits per heavy atom. The highest BCUT2D eigenvalue weighted by Gasteiger charge is 2.35. The molecule has 4 nitrogen and oxygen atoms in total. The number of carbonyl (C=O) groups is 1. The molecule has 26 heavy (non-hydrogen) atoms. The quantitative estimate of drug-likeness (QED) is 0.612. The first kappa shape index (κ1) is 20.7. The van der Waals surface area contributed by atoms with Gasteiger partial charge in [-0.25, -0.2) is 0 Å². The Bertz CT molecular complexity index is 793. The Morgan fingerprint density at radius 3 is 2.35 bits per heavy atom. The normalized spacial score (nSPS) is 13.8. The van der Waals surface area contributed by atoms with Crippen molar-refractivity contribution < 1.29 is 27.8 Å². The second kappa shape index (κ2) is 7.98. The van der Waals surface area contributed by atoms with Crippen molar-refractivity contribution in [2.75, 3.05) is 11.9 Å². The molecule has 0 heterocycles. The molecule has 0 bridgehead atoms. The molecule has 2 rings (SSSR count). The Labute approximate surface area is 164 Å². The lowest BCUT2D eigenvalue weighted by Gasteiger charge is -2.23. The highest BCUT2D eigenvalue weighted by atomic mass is 79.9. The maximum atomic E-state index is 12.9. The summed E-state index contributed by atoms with van der Waals surface area (Å²) in [5, 5.41) is 12.5. The first-order valence-electron chi connectivity index (χ1n) is 7.28. The third kappa shape index (κ3) is 5.46. The SMILES string of the molecule is C[C@](O)(COc1ccc(Br)cc1)C(=O)Nc1ccc(Br)c(C(F)(F)F)c1. The summed E-state index contributed by atoms with van der Waals surface area (Å²) in [6.07, 6.45) is -4.58. The molecule has 0 fully saturated rings. The minimum atomic E-state index is -4.58. The van der Waals surface area contributed by atoms with Crippen LogP contribution in [0, 0.1) is 0 Å². The van der Waals surface area contributed by atoms with Crippen LogP contribution < -0.4 is 10.1 Å². The van der Waals surface area contributed by atoms with E-state index >= 15 is 0 Å². The van der Waals surface area contributed by atoms with Crippen molar-refractivity contribution in [3.63, 3.8) is 0 Å². The first-order valence-corrected chi connectivity index (χ1v) is 8.86. The van der Waals surface area contributed by atoms with Crippen LogP contribution >= 0.6 is 31.9 Å². The maximum absolute atomic E-state index is 12.9. The van der Waals surface area contributed by atoms with Crippen molar-refractivity contribution in [3.8, 4) is 5.75 Å². The summed E-state index contributed by atoms with van der Waals surface area (Å²) in [6, 6.07) is 9.99. The lowest BCUT2D eigenvalue weighted by atomic mass is 10.1. The van der Waals surface area contributed by atoms with E-state index < -0.39 is 23.2 Å². The minimum absolute atomic E-state index is 0.0885. The number of nitrogens with one attached hydrogen (secondary N) is 1. The van der Waals surface area contributed by atoms with Crippen molar-refractivity contribution in [2.45, 2.75) is 18.7 Å². The first-order chi connectivity index (χ1) is 12.0. The average Bonchev–Trinajstić information content (AvgIpc) is 2.55. The molecule has 0 spiro atoms. The molecule has 0 saturated carbocycles. The summed E-state index contributed by atoms with van der Waals surface area (Å²) in [5.41, 5.74) is -2.96. The Hall–Kier alpha value is -1.58. The van der Waals surface area contributed by atoms with Crippen LogP contribution in [0.4, 0.5) is 18.9 Å². The van der Waals surface area contributed by atoms with Gasteiger partial charge in [-0.3, -0.25) is 4.79 Å². The van der Waals surface area contributed by atoms with E-state index in [1.54, 1.807) is 24.3 Å². The zero-order chi connectivity index (χ0) is 19.5. The zero-order valence-electron chi connectivity index (χ0n) is 13.4. The van der Waals surface area contributed by atoms with Gasteiger partial charge >= 0.3 is 6.18 Å². The van der Waals surface area contributed by atoms with Crippen LogP contribution in [0.2, 0.25) is 0 Å². The summed E-state index contributed by atoms with van der Waals surface area (Å²) in [5.74, 6) is -0.450. The Balaban J connectivity index is 2.06. The summed E-state index contributed by atoms with van der Waals surface area (Å²) in [4.78, 5) is 12.2. The second-order valence-electron chi connectivity index (χ2n) is 5.66. The highest BCUT2D eigenvalue weighted by Crippen LogP contribution is 2.36. The standard InChI is InChI=1S/C17H14Br2F3NO3/c1-16(25,9-26-12-5-2-10(18)3-6-12)15(24)23-11-4-7-14(19)13(8-11)17(20,21)22/h2-8,25H,9H2,1H3,(H,23,24)/t16-/m0/s1. The third-order valence-electron chi connectivity index (χ3n) is 3.35. The molecule has 0 aliphatic heterocycles. The van der Waals surface area contributed by atoms with Gasteiger partial charge < -0.3 is 15.2 Å². The molecule has 2 aromatic rings. The van der Waals surface area contributed by atoms with Crippen molar-refractivity contribution in [2.24, 2.45) is 0 Å². The van der Waals surface area contributed by atoms with Gasteiger partial charge in [-0.15, -0.1) is 0 Å². The molecule has 0 radical (unpaired) electrons. The van der Waals surface area contributed by atoms with Gasteiger partial charge in [0.15, 0.2) is 5.60 Å². The summed E-state index contributed by atoms with van der Waals surface area (Å²) in [6.45, 7) is 0.841. The van der Waals surface area contributed by atoms with E-state index in [1.165, 1.54) is 19.1 Å². The van der Waals surface area contributed by atoms with Crippen LogP contribution in [0.15, 0.2) is 51.4 Å². The number of ether oxygens (including phenoxy) is 1. The molecule has 0 aliphatic rings. The zero-order valence-corrected chi connectivity index (χ0v) is 16.6. The highest BCUT2D eigenvalue weighted by molar-refractivity contribution is 9.10. The number of carbonyl (C=O) groups excluding carboxylic acids is 1. The molecular weight excluding hydrogens is 483 g/mol. The van der Waals surface area contributed by atoms with Crippen molar-refractivity contribution in [3.05, 3.63) is 57.0 Å². The van der Waals surface area contributed by atoms with Gasteiger partial charge in [0.1, 0.15) is 12.4 Å². The van der Waals surface area contributed by atoms with Gasteiger partial charge in [0, 0.05) is 14.6 Å². The van der Waals surface area contributed by atoms with Gasteiger partial charge in [0.25, 0.3) is 5.91 Å². The molecule has 1 atom stereocenters. The summed E-state index contributed by atoms with van der Waals surface area (Å²) < 4.78 is 44.8. The van der Waals surface area contributed by atoms with Crippen LogP contribution in [0.1, 0.15) is 12.5 Å². The molecule has 9 heteroatoms. The van der Waals surface area contributed by atoms with Crippen molar-refractivity contribution >= 4 is 43.5 Å². The van der Waals surface area contributed by atoms with E-state index in [0.717, 1.165) is 10.5 Å². The monoisotopic (exact) mass is 495 g/mol. The number of rotatable bonds is 5. The van der Waals surface area contributed by atoms with Gasteiger partial charge in [-0.2, -0.15) is 13.2 Å². The Morgan fingerprint density at radius 2 is 1.77 bits per heavy atom. The van der Waals surface area contributed by atoms with Gasteiger partial charge in [-0.05, 0) is 49.4 Å². The molecule has 1 amide bonds. The van der Waals surface area contributed by atoms with Crippen LogP contribution in [-0.2, 0) is 11.0 Å². The van der Waals surface area contributed by atoms with Gasteiger partial charge in [0.2, 0.25) is 0 Å². The summed E-state index contributed by atoms with van der Waals surface area (Å²) >= 11 is 6.09. The van der Waals surface area contributed by atoms with Crippen molar-refractivity contribution in [1.29, 1.82) is 0 Å². The largest absolute Gasteiger partial charge is 0.490 e. The van der Waals surface area contributed by atoms with E-state index in [2.05, 4.69) is 37.2 Å². The van der Waals surface area contributed by atoms with Gasteiger partial charge in [0.05, 0.1) is 5.56 Å².